The third kappa shape index (κ3) is 2.56. The first-order chi connectivity index (χ1) is 8.93. The molecule has 1 unspecified atom stereocenters. The molecular formula is C12H19N5OS. The van der Waals surface area contributed by atoms with Gasteiger partial charge >= 0.3 is 0 Å². The Hall–Kier alpha value is -1.63. The highest BCUT2D eigenvalue weighted by Gasteiger charge is 2.19. The summed E-state index contributed by atoms with van der Waals surface area (Å²) in [5.41, 5.74) is 1.89. The molecule has 19 heavy (non-hydrogen) atoms. The van der Waals surface area contributed by atoms with Gasteiger partial charge in [0.15, 0.2) is 10.8 Å². The maximum Gasteiger partial charge on any atom is 0.221 e. The van der Waals surface area contributed by atoms with E-state index >= 15 is 0 Å². The van der Waals surface area contributed by atoms with Crippen molar-refractivity contribution < 1.29 is 4.79 Å². The summed E-state index contributed by atoms with van der Waals surface area (Å²) in [5.74, 6) is 0.0401. The van der Waals surface area contributed by atoms with Gasteiger partial charge in [-0.2, -0.15) is 5.10 Å². The minimum Gasteiger partial charge on any atom is -0.359 e. The normalized spacial score (nSPS) is 12.7. The van der Waals surface area contributed by atoms with Crippen LogP contribution in [0.1, 0.15) is 19.0 Å². The van der Waals surface area contributed by atoms with Gasteiger partial charge in [0.05, 0.1) is 10.4 Å². The van der Waals surface area contributed by atoms with Crippen molar-refractivity contribution in [2.45, 2.75) is 26.3 Å². The van der Waals surface area contributed by atoms with E-state index in [0.29, 0.717) is 6.42 Å². The molecule has 1 atom stereocenters. The molecule has 0 spiro atoms. The summed E-state index contributed by atoms with van der Waals surface area (Å²) in [7, 11) is 5.52. The molecule has 2 aromatic rings. The number of aryl methyl sites for hydroxylation is 2. The van der Waals surface area contributed by atoms with Crippen LogP contribution in [0.3, 0.4) is 0 Å². The highest BCUT2D eigenvalue weighted by atomic mass is 32.1. The lowest BCUT2D eigenvalue weighted by atomic mass is 10.2. The maximum atomic E-state index is 11.4. The number of carbonyl (C=O) groups is 1. The molecule has 104 valence electrons. The number of hydrogen-bond acceptors (Lipinski definition) is 5. The van der Waals surface area contributed by atoms with E-state index in [1.54, 1.807) is 23.1 Å². The molecule has 1 N–H and O–H groups in total. The zero-order valence-electron chi connectivity index (χ0n) is 11.9. The van der Waals surface area contributed by atoms with E-state index in [9.17, 15) is 4.79 Å². The Bertz CT molecular complexity index is 568. The summed E-state index contributed by atoms with van der Waals surface area (Å²) in [6.45, 7) is 4.00. The van der Waals surface area contributed by atoms with Crippen molar-refractivity contribution in [3.8, 4) is 0 Å². The number of nitrogens with zero attached hydrogens (tertiary/aromatic N) is 4. The summed E-state index contributed by atoms with van der Waals surface area (Å²) < 4.78 is 2.90. The highest BCUT2D eigenvalue weighted by Crippen LogP contribution is 2.31. The zero-order valence-corrected chi connectivity index (χ0v) is 12.7. The molecule has 0 aliphatic heterocycles. The molecule has 2 heterocycles. The number of hydrogen-bond donors (Lipinski definition) is 1. The van der Waals surface area contributed by atoms with Gasteiger partial charge in [0.25, 0.3) is 0 Å². The second-order valence-corrected chi connectivity index (χ2v) is 5.67. The van der Waals surface area contributed by atoms with Gasteiger partial charge in [-0.1, -0.05) is 11.3 Å². The second-order valence-electron chi connectivity index (χ2n) is 4.70. The number of aromatic nitrogens is 3. The summed E-state index contributed by atoms with van der Waals surface area (Å²) >= 11 is 1.62. The van der Waals surface area contributed by atoms with E-state index in [2.05, 4.69) is 15.4 Å². The summed E-state index contributed by atoms with van der Waals surface area (Å²) in [4.78, 5) is 18.1. The van der Waals surface area contributed by atoms with Crippen LogP contribution in [-0.2, 0) is 11.8 Å². The minimum absolute atomic E-state index is 0.0401. The average molecular weight is 281 g/mol. The van der Waals surface area contributed by atoms with E-state index in [4.69, 9.17) is 0 Å². The Balaban J connectivity index is 2.23. The molecule has 0 aromatic carbocycles. The van der Waals surface area contributed by atoms with E-state index in [0.717, 1.165) is 21.2 Å². The molecule has 0 aliphatic carbocycles. The number of rotatable bonds is 4. The average Bonchev–Trinajstić information content (AvgIpc) is 2.91. The van der Waals surface area contributed by atoms with Crippen LogP contribution >= 0.6 is 11.3 Å². The molecule has 2 rings (SSSR count). The fourth-order valence-electron chi connectivity index (χ4n) is 1.92. The monoisotopic (exact) mass is 281 g/mol. The molecule has 2 aromatic heterocycles. The second kappa shape index (κ2) is 5.16. The Morgan fingerprint density at radius 2 is 2.26 bits per heavy atom. The van der Waals surface area contributed by atoms with Gasteiger partial charge in [0.2, 0.25) is 5.91 Å². The summed E-state index contributed by atoms with van der Waals surface area (Å²) in [6.07, 6.45) is 0.458. The highest BCUT2D eigenvalue weighted by molar-refractivity contribution is 7.22. The van der Waals surface area contributed by atoms with Crippen LogP contribution < -0.4 is 10.2 Å². The number of fused-ring (bicyclic) bond motifs is 1. The fourth-order valence-corrected chi connectivity index (χ4v) is 3.02. The topological polar surface area (TPSA) is 63.1 Å². The third-order valence-electron chi connectivity index (χ3n) is 3.26. The SMILES string of the molecule is CNC(=O)CC(C)N(C)c1nc2c(s1)c(C)nn2C. The van der Waals surface area contributed by atoms with Gasteiger partial charge in [0.1, 0.15) is 0 Å². The van der Waals surface area contributed by atoms with Gasteiger partial charge in [-0.25, -0.2) is 9.67 Å². The van der Waals surface area contributed by atoms with Crippen molar-refractivity contribution in [1.82, 2.24) is 20.1 Å². The molecule has 1 amide bonds. The van der Waals surface area contributed by atoms with Crippen molar-refractivity contribution in [3.05, 3.63) is 5.69 Å². The lowest BCUT2D eigenvalue weighted by Crippen LogP contribution is -2.34. The first-order valence-corrected chi connectivity index (χ1v) is 6.99. The molecule has 0 bridgehead atoms. The minimum atomic E-state index is 0.0401. The lowest BCUT2D eigenvalue weighted by molar-refractivity contribution is -0.120. The van der Waals surface area contributed by atoms with Gasteiger partial charge in [-0.15, -0.1) is 0 Å². The lowest BCUT2D eigenvalue weighted by Gasteiger charge is -2.23. The standard InChI is InChI=1S/C12H19N5OS/c1-7(6-9(18)13-3)16(4)12-14-11-10(19-12)8(2)15-17(11)5/h7H,6H2,1-5H3,(H,13,18). The van der Waals surface area contributed by atoms with Crippen LogP contribution in [0.5, 0.6) is 0 Å². The Labute approximate surface area is 116 Å². The summed E-state index contributed by atoms with van der Waals surface area (Å²) in [6, 6.07) is 0.105. The van der Waals surface area contributed by atoms with E-state index in [-0.39, 0.29) is 11.9 Å². The quantitative estimate of drug-likeness (QED) is 0.917. The Morgan fingerprint density at radius 1 is 1.58 bits per heavy atom. The zero-order chi connectivity index (χ0) is 14.2. The maximum absolute atomic E-state index is 11.4. The molecule has 0 aliphatic rings. The number of anilines is 1. The van der Waals surface area contributed by atoms with Gasteiger partial charge in [-0.05, 0) is 13.8 Å². The molecule has 7 heteroatoms. The molecule has 0 saturated carbocycles. The largest absolute Gasteiger partial charge is 0.359 e. The first kappa shape index (κ1) is 13.8. The van der Waals surface area contributed by atoms with Crippen LogP contribution in [-0.4, -0.2) is 40.8 Å². The molecule has 0 fully saturated rings. The fraction of sp³-hybridized carbons (Fsp3) is 0.583. The van der Waals surface area contributed by atoms with Gasteiger partial charge in [-0.3, -0.25) is 4.79 Å². The van der Waals surface area contributed by atoms with Crippen LogP contribution in [0.15, 0.2) is 0 Å². The number of thiazole rings is 1. The Morgan fingerprint density at radius 3 is 2.84 bits per heavy atom. The van der Waals surface area contributed by atoms with Crippen molar-refractivity contribution >= 4 is 32.7 Å². The first-order valence-electron chi connectivity index (χ1n) is 6.17. The molecule has 0 saturated heterocycles. The predicted octanol–water partition coefficient (Wildman–Crippen LogP) is 1.30. The van der Waals surface area contributed by atoms with Gasteiger partial charge < -0.3 is 10.2 Å². The van der Waals surface area contributed by atoms with Crippen LogP contribution in [0.25, 0.3) is 10.3 Å². The number of carbonyl (C=O) groups excluding carboxylic acids is 1. The molecular weight excluding hydrogens is 262 g/mol. The van der Waals surface area contributed by atoms with Crippen molar-refractivity contribution in [1.29, 1.82) is 0 Å². The number of amides is 1. The van der Waals surface area contributed by atoms with E-state index < -0.39 is 0 Å². The van der Waals surface area contributed by atoms with Crippen LogP contribution in [0.4, 0.5) is 5.13 Å². The van der Waals surface area contributed by atoms with Crippen LogP contribution in [0, 0.1) is 6.92 Å². The molecule has 6 nitrogen and oxygen atoms in total. The van der Waals surface area contributed by atoms with Crippen molar-refractivity contribution in [2.75, 3.05) is 19.0 Å². The summed E-state index contributed by atoms with van der Waals surface area (Å²) in [5, 5.41) is 7.90. The molecule has 0 radical (unpaired) electrons. The van der Waals surface area contributed by atoms with Crippen molar-refractivity contribution in [3.63, 3.8) is 0 Å². The smallest absolute Gasteiger partial charge is 0.221 e. The predicted molar refractivity (Wildman–Crippen MR) is 77.7 cm³/mol. The Kier molecular flexibility index (Phi) is 3.75. The van der Waals surface area contributed by atoms with Gasteiger partial charge in [0, 0.05) is 33.6 Å². The van der Waals surface area contributed by atoms with E-state index in [1.165, 1.54) is 0 Å². The third-order valence-corrected chi connectivity index (χ3v) is 4.50. The van der Waals surface area contributed by atoms with Crippen LogP contribution in [0.2, 0.25) is 0 Å². The number of nitrogens with one attached hydrogen (secondary N) is 1. The van der Waals surface area contributed by atoms with E-state index in [1.807, 2.05) is 32.8 Å². The van der Waals surface area contributed by atoms with Crippen molar-refractivity contribution in [2.24, 2.45) is 7.05 Å².